The molecule has 0 aliphatic heterocycles. The largest absolute Gasteiger partial charge is 0.393 e. The topological polar surface area (TPSA) is 61.4 Å². The van der Waals surface area contributed by atoms with Crippen LogP contribution in [-0.2, 0) is 6.54 Å². The van der Waals surface area contributed by atoms with Gasteiger partial charge in [0.25, 0.3) is 0 Å². The van der Waals surface area contributed by atoms with Crippen LogP contribution in [-0.4, -0.2) is 23.8 Å². The van der Waals surface area contributed by atoms with E-state index in [1.165, 1.54) is 6.07 Å². The molecular formula is C14H18BrFN2O2. The maximum Gasteiger partial charge on any atom is 0.315 e. The fraction of sp³-hybridized carbons (Fsp3) is 0.500. The lowest BCUT2D eigenvalue weighted by atomic mass is 10.1. The molecule has 110 valence electrons. The van der Waals surface area contributed by atoms with Crippen molar-refractivity contribution in [1.82, 2.24) is 10.6 Å². The standard InChI is InChI=1S/C14H18BrFN2O2/c15-12-4-2-10(6-13(12)16)8-18-14(20)17-7-9-1-3-11(19)5-9/h2,4,6,9,11,19H,1,3,5,7-8H2,(H2,17,18,20)/t9-,11-/m0/s1. The average Bonchev–Trinajstić information content (AvgIpc) is 2.83. The second kappa shape index (κ2) is 7.04. The first-order chi connectivity index (χ1) is 9.54. The summed E-state index contributed by atoms with van der Waals surface area (Å²) in [6.45, 7) is 0.848. The van der Waals surface area contributed by atoms with Crippen LogP contribution >= 0.6 is 15.9 Å². The van der Waals surface area contributed by atoms with Crippen LogP contribution in [0.1, 0.15) is 24.8 Å². The lowest BCUT2D eigenvalue weighted by Crippen LogP contribution is -2.37. The van der Waals surface area contributed by atoms with Crippen molar-refractivity contribution < 1.29 is 14.3 Å². The monoisotopic (exact) mass is 344 g/mol. The molecule has 2 rings (SSSR count). The summed E-state index contributed by atoms with van der Waals surface area (Å²) in [4.78, 5) is 11.6. The Balaban J connectivity index is 1.70. The van der Waals surface area contributed by atoms with Gasteiger partial charge in [-0.2, -0.15) is 0 Å². The van der Waals surface area contributed by atoms with Crippen LogP contribution in [0, 0.1) is 11.7 Å². The molecule has 0 radical (unpaired) electrons. The molecule has 1 saturated carbocycles. The highest BCUT2D eigenvalue weighted by atomic mass is 79.9. The Morgan fingerprint density at radius 3 is 2.85 bits per heavy atom. The number of rotatable bonds is 4. The molecule has 1 aliphatic rings. The maximum absolute atomic E-state index is 13.3. The summed E-state index contributed by atoms with van der Waals surface area (Å²) < 4.78 is 13.7. The van der Waals surface area contributed by atoms with Gasteiger partial charge in [0.05, 0.1) is 10.6 Å². The normalized spacial score (nSPS) is 21.8. The number of nitrogens with one attached hydrogen (secondary N) is 2. The molecule has 2 atom stereocenters. The molecule has 6 heteroatoms. The van der Waals surface area contributed by atoms with Crippen molar-refractivity contribution in [1.29, 1.82) is 0 Å². The molecule has 0 bridgehead atoms. The highest BCUT2D eigenvalue weighted by Gasteiger charge is 2.22. The first-order valence-corrected chi connectivity index (χ1v) is 7.47. The van der Waals surface area contributed by atoms with E-state index in [0.717, 1.165) is 19.3 Å². The Labute approximate surface area is 125 Å². The molecule has 0 spiro atoms. The van der Waals surface area contributed by atoms with Crippen LogP contribution in [0.25, 0.3) is 0 Å². The maximum atomic E-state index is 13.3. The van der Waals surface area contributed by atoms with Crippen LogP contribution in [0.15, 0.2) is 22.7 Å². The summed E-state index contributed by atoms with van der Waals surface area (Å²) in [6, 6.07) is 4.48. The number of amides is 2. The van der Waals surface area contributed by atoms with E-state index in [0.29, 0.717) is 22.5 Å². The molecule has 4 nitrogen and oxygen atoms in total. The van der Waals surface area contributed by atoms with Gasteiger partial charge in [0.15, 0.2) is 0 Å². The van der Waals surface area contributed by atoms with Crippen LogP contribution in [0.5, 0.6) is 0 Å². The van der Waals surface area contributed by atoms with Crippen molar-refractivity contribution in [2.24, 2.45) is 5.92 Å². The molecule has 0 saturated heterocycles. The minimum atomic E-state index is -0.343. The predicted octanol–water partition coefficient (Wildman–Crippen LogP) is 2.55. The fourth-order valence-corrected chi connectivity index (χ4v) is 2.61. The summed E-state index contributed by atoms with van der Waals surface area (Å²) in [6.07, 6.45) is 2.28. The van der Waals surface area contributed by atoms with Gasteiger partial charge in [0.2, 0.25) is 0 Å². The van der Waals surface area contributed by atoms with Gasteiger partial charge in [-0.25, -0.2) is 9.18 Å². The second-order valence-corrected chi connectivity index (χ2v) is 6.00. The summed E-state index contributed by atoms with van der Waals surface area (Å²) >= 11 is 3.08. The minimum Gasteiger partial charge on any atom is -0.393 e. The van der Waals surface area contributed by atoms with Gasteiger partial charge in [-0.05, 0) is 58.8 Å². The summed E-state index contributed by atoms with van der Waals surface area (Å²) in [7, 11) is 0. The number of urea groups is 1. The van der Waals surface area contributed by atoms with E-state index < -0.39 is 0 Å². The van der Waals surface area contributed by atoms with Gasteiger partial charge in [0, 0.05) is 13.1 Å². The molecule has 20 heavy (non-hydrogen) atoms. The molecule has 1 aliphatic carbocycles. The number of aliphatic hydroxyl groups is 1. The van der Waals surface area contributed by atoms with E-state index in [2.05, 4.69) is 26.6 Å². The molecule has 2 amide bonds. The highest BCUT2D eigenvalue weighted by Crippen LogP contribution is 2.24. The van der Waals surface area contributed by atoms with Crippen LogP contribution in [0.2, 0.25) is 0 Å². The Morgan fingerprint density at radius 2 is 2.20 bits per heavy atom. The van der Waals surface area contributed by atoms with Crippen LogP contribution in [0.3, 0.4) is 0 Å². The highest BCUT2D eigenvalue weighted by molar-refractivity contribution is 9.10. The van der Waals surface area contributed by atoms with Crippen LogP contribution in [0.4, 0.5) is 9.18 Å². The van der Waals surface area contributed by atoms with Gasteiger partial charge in [-0.15, -0.1) is 0 Å². The fourth-order valence-electron chi connectivity index (χ4n) is 2.37. The summed E-state index contributed by atoms with van der Waals surface area (Å²) in [5, 5.41) is 14.9. The molecule has 1 fully saturated rings. The van der Waals surface area contributed by atoms with Crippen molar-refractivity contribution >= 4 is 22.0 Å². The van der Waals surface area contributed by atoms with Crippen molar-refractivity contribution in [3.05, 3.63) is 34.1 Å². The number of hydrogen-bond acceptors (Lipinski definition) is 2. The number of halogens is 2. The Hall–Kier alpha value is -1.14. The SMILES string of the molecule is O=C(NCc1ccc(Br)c(F)c1)NC[C@H]1CC[C@H](O)C1. The summed E-state index contributed by atoms with van der Waals surface area (Å²) in [5.41, 5.74) is 0.706. The third-order valence-corrected chi connectivity index (χ3v) is 4.15. The molecule has 1 aromatic rings. The first-order valence-electron chi connectivity index (χ1n) is 6.68. The van der Waals surface area contributed by atoms with E-state index in [1.807, 2.05) is 0 Å². The molecular weight excluding hydrogens is 327 g/mol. The van der Waals surface area contributed by atoms with E-state index in [9.17, 15) is 14.3 Å². The lowest BCUT2D eigenvalue weighted by Gasteiger charge is -2.12. The van der Waals surface area contributed by atoms with Crippen molar-refractivity contribution in [2.75, 3.05) is 6.54 Å². The Bertz CT molecular complexity index is 484. The molecule has 0 heterocycles. The van der Waals surface area contributed by atoms with E-state index in [-0.39, 0.29) is 24.5 Å². The zero-order valence-electron chi connectivity index (χ0n) is 11.0. The van der Waals surface area contributed by atoms with Crippen molar-refractivity contribution in [3.8, 4) is 0 Å². The second-order valence-electron chi connectivity index (χ2n) is 5.14. The first kappa shape index (κ1) is 15.3. The van der Waals surface area contributed by atoms with Gasteiger partial charge in [-0.3, -0.25) is 0 Å². The van der Waals surface area contributed by atoms with Gasteiger partial charge < -0.3 is 15.7 Å². The zero-order chi connectivity index (χ0) is 14.5. The third-order valence-electron chi connectivity index (χ3n) is 3.50. The zero-order valence-corrected chi connectivity index (χ0v) is 12.6. The number of aliphatic hydroxyl groups excluding tert-OH is 1. The van der Waals surface area contributed by atoms with Crippen molar-refractivity contribution in [2.45, 2.75) is 31.9 Å². The molecule has 3 N–H and O–H groups in total. The van der Waals surface area contributed by atoms with Gasteiger partial charge >= 0.3 is 6.03 Å². The molecule has 1 aromatic carbocycles. The molecule has 0 aromatic heterocycles. The quantitative estimate of drug-likeness (QED) is 0.785. The van der Waals surface area contributed by atoms with E-state index >= 15 is 0 Å². The smallest absolute Gasteiger partial charge is 0.315 e. The van der Waals surface area contributed by atoms with Gasteiger partial charge in [-0.1, -0.05) is 6.07 Å². The Morgan fingerprint density at radius 1 is 1.40 bits per heavy atom. The molecule has 0 unspecified atom stereocenters. The van der Waals surface area contributed by atoms with Gasteiger partial charge in [0.1, 0.15) is 5.82 Å². The van der Waals surface area contributed by atoms with E-state index in [1.54, 1.807) is 12.1 Å². The number of hydrogen-bond donors (Lipinski definition) is 3. The van der Waals surface area contributed by atoms with Crippen molar-refractivity contribution in [3.63, 3.8) is 0 Å². The van der Waals surface area contributed by atoms with E-state index in [4.69, 9.17) is 0 Å². The number of benzene rings is 1. The van der Waals surface area contributed by atoms with Crippen LogP contribution < -0.4 is 10.6 Å². The predicted molar refractivity (Wildman–Crippen MR) is 77.7 cm³/mol. The lowest BCUT2D eigenvalue weighted by molar-refractivity contribution is 0.177. The number of carbonyl (C=O) groups excluding carboxylic acids is 1. The Kier molecular flexibility index (Phi) is 5.37. The minimum absolute atomic E-state index is 0.226. The number of carbonyl (C=O) groups is 1. The summed E-state index contributed by atoms with van der Waals surface area (Å²) in [5.74, 6) is 0.00512. The third kappa shape index (κ3) is 4.45. The average molecular weight is 345 g/mol.